The van der Waals surface area contributed by atoms with Gasteiger partial charge in [-0.25, -0.2) is 0 Å². The number of ether oxygens (including phenoxy) is 2. The Morgan fingerprint density at radius 1 is 0.950 bits per heavy atom. The molecule has 0 amide bonds. The minimum Gasteiger partial charge on any atom is -0.497 e. The highest BCUT2D eigenvalue weighted by molar-refractivity contribution is 5.50. The summed E-state index contributed by atoms with van der Waals surface area (Å²) >= 11 is 0. The Bertz CT molecular complexity index is 724. The van der Waals surface area contributed by atoms with Gasteiger partial charge >= 0.3 is 0 Å². The fourth-order valence-corrected chi connectivity index (χ4v) is 1.76. The highest BCUT2D eigenvalue weighted by atomic mass is 16.5. The SMILES string of the molecule is COc1cc(C#N)cc(Oc2ccc(C)cc2C#N)c1. The summed E-state index contributed by atoms with van der Waals surface area (Å²) in [6.45, 7) is 1.91. The first-order valence-corrected chi connectivity index (χ1v) is 5.94. The molecule has 4 heteroatoms. The highest BCUT2D eigenvalue weighted by Crippen LogP contribution is 2.29. The van der Waals surface area contributed by atoms with Gasteiger partial charge in [-0.1, -0.05) is 6.07 Å². The fourth-order valence-electron chi connectivity index (χ4n) is 1.76. The molecule has 2 rings (SSSR count). The summed E-state index contributed by atoms with van der Waals surface area (Å²) in [7, 11) is 1.52. The Balaban J connectivity index is 2.40. The number of hydrogen-bond acceptors (Lipinski definition) is 4. The predicted octanol–water partition coefficient (Wildman–Crippen LogP) is 3.54. The van der Waals surface area contributed by atoms with Crippen LogP contribution in [-0.4, -0.2) is 7.11 Å². The van der Waals surface area contributed by atoms with Crippen molar-refractivity contribution in [3.63, 3.8) is 0 Å². The van der Waals surface area contributed by atoms with Gasteiger partial charge in [0.25, 0.3) is 0 Å². The van der Waals surface area contributed by atoms with Crippen molar-refractivity contribution in [1.82, 2.24) is 0 Å². The number of rotatable bonds is 3. The quantitative estimate of drug-likeness (QED) is 0.850. The molecule has 0 aliphatic rings. The first kappa shape index (κ1) is 13.5. The van der Waals surface area contributed by atoms with Crippen LogP contribution in [0.2, 0.25) is 0 Å². The van der Waals surface area contributed by atoms with Crippen molar-refractivity contribution in [2.45, 2.75) is 6.92 Å². The van der Waals surface area contributed by atoms with E-state index >= 15 is 0 Å². The molecule has 0 fully saturated rings. The molecule has 0 N–H and O–H groups in total. The van der Waals surface area contributed by atoms with Gasteiger partial charge in [0, 0.05) is 6.07 Å². The van der Waals surface area contributed by atoms with Crippen molar-refractivity contribution in [2.24, 2.45) is 0 Å². The maximum absolute atomic E-state index is 9.12. The van der Waals surface area contributed by atoms with Gasteiger partial charge in [-0.2, -0.15) is 10.5 Å². The van der Waals surface area contributed by atoms with Crippen LogP contribution in [0.3, 0.4) is 0 Å². The lowest BCUT2D eigenvalue weighted by Gasteiger charge is -2.10. The van der Waals surface area contributed by atoms with E-state index in [2.05, 4.69) is 6.07 Å². The number of nitriles is 2. The van der Waals surface area contributed by atoms with E-state index in [-0.39, 0.29) is 0 Å². The second kappa shape index (κ2) is 5.77. The van der Waals surface area contributed by atoms with Crippen molar-refractivity contribution in [1.29, 1.82) is 10.5 Å². The molecule has 98 valence electrons. The average Bonchev–Trinajstić information content (AvgIpc) is 2.48. The van der Waals surface area contributed by atoms with Gasteiger partial charge in [0.15, 0.2) is 0 Å². The van der Waals surface area contributed by atoms with Crippen molar-refractivity contribution in [2.75, 3.05) is 7.11 Å². The van der Waals surface area contributed by atoms with Crippen molar-refractivity contribution in [3.05, 3.63) is 53.1 Å². The van der Waals surface area contributed by atoms with Crippen LogP contribution in [0, 0.1) is 29.6 Å². The lowest BCUT2D eigenvalue weighted by atomic mass is 10.1. The summed E-state index contributed by atoms with van der Waals surface area (Å²) in [5.74, 6) is 1.45. The Labute approximate surface area is 117 Å². The lowest BCUT2D eigenvalue weighted by molar-refractivity contribution is 0.408. The fraction of sp³-hybridized carbons (Fsp3) is 0.125. The largest absolute Gasteiger partial charge is 0.497 e. The lowest BCUT2D eigenvalue weighted by Crippen LogP contribution is -1.91. The molecule has 0 aliphatic heterocycles. The molecule has 2 aromatic rings. The van der Waals surface area contributed by atoms with E-state index in [4.69, 9.17) is 20.0 Å². The first-order valence-electron chi connectivity index (χ1n) is 5.94. The number of methoxy groups -OCH3 is 1. The molecule has 0 saturated heterocycles. The zero-order valence-electron chi connectivity index (χ0n) is 11.2. The smallest absolute Gasteiger partial charge is 0.145 e. The first-order chi connectivity index (χ1) is 9.66. The van der Waals surface area contributed by atoms with E-state index < -0.39 is 0 Å². The van der Waals surface area contributed by atoms with Crippen LogP contribution in [0.4, 0.5) is 0 Å². The summed E-state index contributed by atoms with van der Waals surface area (Å²) in [5, 5.41) is 18.1. The molecule has 4 nitrogen and oxygen atoms in total. The van der Waals surface area contributed by atoms with Gasteiger partial charge < -0.3 is 9.47 Å². The molecule has 0 aliphatic carbocycles. The maximum Gasteiger partial charge on any atom is 0.145 e. The second-order valence-corrected chi connectivity index (χ2v) is 4.22. The summed E-state index contributed by atoms with van der Waals surface area (Å²) in [6.07, 6.45) is 0. The standard InChI is InChI=1S/C16H12N2O2/c1-11-3-4-16(13(5-11)10-18)20-15-7-12(9-17)6-14(8-15)19-2/h3-8H,1-2H3. The van der Waals surface area contributed by atoms with Gasteiger partial charge in [-0.05, 0) is 36.8 Å². The third kappa shape index (κ3) is 2.88. The summed E-state index contributed by atoms with van der Waals surface area (Å²) in [5.41, 5.74) is 1.87. The van der Waals surface area contributed by atoms with E-state index in [1.54, 1.807) is 30.3 Å². The number of benzene rings is 2. The van der Waals surface area contributed by atoms with Crippen LogP contribution in [0.1, 0.15) is 16.7 Å². The van der Waals surface area contributed by atoms with Gasteiger partial charge in [0.05, 0.1) is 24.3 Å². The minimum absolute atomic E-state index is 0.435. The van der Waals surface area contributed by atoms with Crippen molar-refractivity contribution in [3.8, 4) is 29.4 Å². The van der Waals surface area contributed by atoms with E-state index in [0.717, 1.165) is 5.56 Å². The van der Waals surface area contributed by atoms with E-state index in [9.17, 15) is 0 Å². The molecular formula is C16H12N2O2. The number of hydrogen-bond donors (Lipinski definition) is 0. The van der Waals surface area contributed by atoms with Crippen LogP contribution in [0.15, 0.2) is 36.4 Å². The molecule has 0 saturated carbocycles. The zero-order valence-corrected chi connectivity index (χ0v) is 11.2. The van der Waals surface area contributed by atoms with E-state index in [1.807, 2.05) is 19.1 Å². The van der Waals surface area contributed by atoms with Crippen LogP contribution in [0.5, 0.6) is 17.2 Å². The highest BCUT2D eigenvalue weighted by Gasteiger charge is 2.07. The minimum atomic E-state index is 0.435. The zero-order chi connectivity index (χ0) is 14.5. The van der Waals surface area contributed by atoms with Crippen LogP contribution < -0.4 is 9.47 Å². The van der Waals surface area contributed by atoms with Gasteiger partial charge in [0.1, 0.15) is 23.3 Å². The molecule has 0 unspecified atom stereocenters. The molecule has 0 radical (unpaired) electrons. The third-order valence-corrected chi connectivity index (χ3v) is 2.73. The van der Waals surface area contributed by atoms with Gasteiger partial charge in [-0.15, -0.1) is 0 Å². The normalized spacial score (nSPS) is 9.40. The van der Waals surface area contributed by atoms with Gasteiger partial charge in [0.2, 0.25) is 0 Å². The maximum atomic E-state index is 9.12. The molecular weight excluding hydrogens is 252 g/mol. The summed E-state index contributed by atoms with van der Waals surface area (Å²) < 4.78 is 10.8. The third-order valence-electron chi connectivity index (χ3n) is 2.73. The van der Waals surface area contributed by atoms with Crippen molar-refractivity contribution >= 4 is 0 Å². The predicted molar refractivity (Wildman–Crippen MR) is 73.7 cm³/mol. The van der Waals surface area contributed by atoms with Crippen LogP contribution >= 0.6 is 0 Å². The van der Waals surface area contributed by atoms with Gasteiger partial charge in [-0.3, -0.25) is 0 Å². The van der Waals surface area contributed by atoms with Crippen LogP contribution in [-0.2, 0) is 0 Å². The molecule has 0 spiro atoms. The van der Waals surface area contributed by atoms with Crippen molar-refractivity contribution < 1.29 is 9.47 Å². The Kier molecular flexibility index (Phi) is 3.88. The Morgan fingerprint density at radius 3 is 2.35 bits per heavy atom. The monoisotopic (exact) mass is 264 g/mol. The average molecular weight is 264 g/mol. The number of aryl methyl sites for hydroxylation is 1. The van der Waals surface area contributed by atoms with E-state index in [1.165, 1.54) is 7.11 Å². The molecule has 0 atom stereocenters. The Hall–Kier alpha value is -2.98. The Morgan fingerprint density at radius 2 is 1.70 bits per heavy atom. The molecule has 0 heterocycles. The van der Waals surface area contributed by atoms with E-state index in [0.29, 0.717) is 28.4 Å². The molecule has 0 bridgehead atoms. The topological polar surface area (TPSA) is 66.0 Å². The molecule has 2 aromatic carbocycles. The molecule has 0 aromatic heterocycles. The molecule has 20 heavy (non-hydrogen) atoms. The number of nitrogens with zero attached hydrogens (tertiary/aromatic N) is 2. The van der Waals surface area contributed by atoms with Crippen LogP contribution in [0.25, 0.3) is 0 Å². The summed E-state index contributed by atoms with van der Waals surface area (Å²) in [6, 6.07) is 14.4. The second-order valence-electron chi connectivity index (χ2n) is 4.22. The summed E-state index contributed by atoms with van der Waals surface area (Å²) in [4.78, 5) is 0.